The summed E-state index contributed by atoms with van der Waals surface area (Å²) in [4.78, 5) is 12.0. The largest absolute Gasteiger partial charge is 0.394 e. The normalized spacial score (nSPS) is 49.1. The van der Waals surface area contributed by atoms with Crippen LogP contribution in [0.2, 0.25) is 0 Å². The Morgan fingerprint density at radius 1 is 0.604 bits per heavy atom. The second-order valence-corrected chi connectivity index (χ2v) is 11.9. The number of amides is 1. The number of hydrogen-bond acceptors (Lipinski definition) is 21. The molecular weight excluding hydrogens is 662 g/mol. The monoisotopic (exact) mass is 707 g/mol. The van der Waals surface area contributed by atoms with Gasteiger partial charge in [-0.1, -0.05) is 0 Å². The number of carbonyl (C=O) groups excluding carboxylic acids is 1. The van der Waals surface area contributed by atoms with Crippen LogP contribution in [0.5, 0.6) is 0 Å². The van der Waals surface area contributed by atoms with Gasteiger partial charge in [-0.15, -0.1) is 0 Å². The predicted octanol–water partition coefficient (Wildman–Crippen LogP) is -9.61. The first-order valence-corrected chi connectivity index (χ1v) is 15.1. The molecule has 4 fully saturated rings. The van der Waals surface area contributed by atoms with Gasteiger partial charge in [0, 0.05) is 6.92 Å². The summed E-state index contributed by atoms with van der Waals surface area (Å²) in [5.74, 6) is -0.734. The molecular formula is C26H45NO21. The van der Waals surface area contributed by atoms with Gasteiger partial charge in [-0.2, -0.15) is 0 Å². The third-order valence-corrected chi connectivity index (χ3v) is 8.59. The van der Waals surface area contributed by atoms with E-state index < -0.39 is 155 Å². The number of carbonyl (C=O) groups is 1. The molecule has 0 aliphatic carbocycles. The first-order valence-electron chi connectivity index (χ1n) is 15.1. The second-order valence-electron chi connectivity index (χ2n) is 11.9. The van der Waals surface area contributed by atoms with Gasteiger partial charge in [0.2, 0.25) is 5.91 Å². The number of nitrogens with one attached hydrogen (secondary N) is 1. The molecule has 0 aromatic carbocycles. The fourth-order valence-electron chi connectivity index (χ4n) is 5.92. The lowest BCUT2D eigenvalue weighted by Gasteiger charge is -2.45. The van der Waals surface area contributed by atoms with Gasteiger partial charge in [-0.25, -0.2) is 0 Å². The molecule has 22 nitrogen and oxygen atoms in total. The molecule has 4 heterocycles. The van der Waals surface area contributed by atoms with Crippen molar-refractivity contribution < 1.29 is 104 Å². The van der Waals surface area contributed by atoms with Crippen molar-refractivity contribution in [1.29, 1.82) is 0 Å². The summed E-state index contributed by atoms with van der Waals surface area (Å²) in [6, 6.07) is -1.57. The van der Waals surface area contributed by atoms with Crippen LogP contribution < -0.4 is 5.32 Å². The Balaban J connectivity index is 1.73. The lowest BCUT2D eigenvalue weighted by atomic mass is 9.96. The van der Waals surface area contributed by atoms with Gasteiger partial charge in [0.1, 0.15) is 97.6 Å². The Morgan fingerprint density at radius 3 is 1.67 bits per heavy atom. The van der Waals surface area contributed by atoms with Crippen molar-refractivity contribution >= 4 is 5.91 Å². The molecule has 0 saturated carbocycles. The average Bonchev–Trinajstić information content (AvgIpc) is 3.39. The van der Waals surface area contributed by atoms with E-state index in [4.69, 9.17) is 33.2 Å². The summed E-state index contributed by atoms with van der Waals surface area (Å²) in [7, 11) is 0. The van der Waals surface area contributed by atoms with Crippen LogP contribution in [0.15, 0.2) is 0 Å². The maximum atomic E-state index is 12.0. The molecule has 4 saturated heterocycles. The zero-order chi connectivity index (χ0) is 35.6. The van der Waals surface area contributed by atoms with Crippen molar-refractivity contribution in [1.82, 2.24) is 5.32 Å². The minimum Gasteiger partial charge on any atom is -0.394 e. The number of aliphatic hydroxyl groups excluding tert-OH is 13. The van der Waals surface area contributed by atoms with Gasteiger partial charge in [-0.3, -0.25) is 4.79 Å². The molecule has 0 radical (unpaired) electrons. The zero-order valence-corrected chi connectivity index (χ0v) is 25.5. The fraction of sp³-hybridized carbons (Fsp3) is 0.962. The highest BCUT2D eigenvalue weighted by atomic mass is 16.8. The molecule has 0 aromatic heterocycles. The van der Waals surface area contributed by atoms with Crippen LogP contribution in [-0.4, -0.2) is 221 Å². The fourth-order valence-corrected chi connectivity index (χ4v) is 5.92. The van der Waals surface area contributed by atoms with Crippen LogP contribution in [0.3, 0.4) is 0 Å². The van der Waals surface area contributed by atoms with Gasteiger partial charge in [0.15, 0.2) is 25.2 Å². The zero-order valence-electron chi connectivity index (χ0n) is 25.5. The Morgan fingerprint density at radius 2 is 1.10 bits per heavy atom. The summed E-state index contributed by atoms with van der Waals surface area (Å²) in [5, 5.41) is 136. The Hall–Kier alpha value is -1.33. The molecule has 22 heteroatoms. The maximum absolute atomic E-state index is 12.0. The highest BCUT2D eigenvalue weighted by Gasteiger charge is 2.58. The summed E-state index contributed by atoms with van der Waals surface area (Å²) in [6.45, 7) is -2.46. The number of rotatable bonds is 12. The Labute approximate surface area is 272 Å². The lowest BCUT2D eigenvalue weighted by Crippen LogP contribution is -2.66. The van der Waals surface area contributed by atoms with Gasteiger partial charge >= 0.3 is 0 Å². The summed E-state index contributed by atoms with van der Waals surface area (Å²) < 4.78 is 39.5. The van der Waals surface area contributed by atoms with E-state index in [1.807, 2.05) is 0 Å². The molecule has 1 amide bonds. The van der Waals surface area contributed by atoms with Crippen molar-refractivity contribution in [2.24, 2.45) is 0 Å². The smallest absolute Gasteiger partial charge is 0.217 e. The molecule has 0 bridgehead atoms. The third kappa shape index (κ3) is 8.08. The highest BCUT2D eigenvalue weighted by Crippen LogP contribution is 2.37. The SMILES string of the molecule is CC(=O)N[C@H]1[C@@H](O[C@H]2[C@@H](O[C@@H]3[C@@H](O)[C@@H](O)[C@@H](CO)O[C@@H]3O)O[C@@H]([C@H](O)CO)[C@@H]2O[C@H]2O[C@H](CO)[C@H](O)[C@H](O)[C@H]2O)O[C@H](CO)[C@@H](O)[C@@H]1O. The third-order valence-electron chi connectivity index (χ3n) is 8.59. The standard InChI is InChI=1S/C26H45NO21/c1-6(32)27-11-15(37)12(34)9(4-30)43-24(11)48-22-21(47-25-18(40)16(38)13(35)10(5-31)44-25)19(7(33)2-28)45-26(22)46-20-17(39)14(36)8(3-29)42-23(20)41/h7-26,28-31,33-41H,2-5H2,1H3,(H,27,32)/t7-,8-,9-,10-,11-,12-,13+,14+,15-,16+,17+,18-,19+,20-,21+,22-,23+,24-,25-,26-/m1/s1. The lowest BCUT2D eigenvalue weighted by molar-refractivity contribution is -0.348. The minimum absolute atomic E-state index is 0.734. The van der Waals surface area contributed by atoms with E-state index in [0.717, 1.165) is 6.92 Å². The van der Waals surface area contributed by atoms with Crippen LogP contribution >= 0.6 is 0 Å². The van der Waals surface area contributed by atoms with Crippen LogP contribution in [0.25, 0.3) is 0 Å². The van der Waals surface area contributed by atoms with Crippen LogP contribution in [0.4, 0.5) is 0 Å². The average molecular weight is 708 g/mol. The van der Waals surface area contributed by atoms with Gasteiger partial charge in [-0.05, 0) is 0 Å². The Bertz CT molecular complexity index is 1030. The van der Waals surface area contributed by atoms with Crippen molar-refractivity contribution in [3.8, 4) is 0 Å². The van der Waals surface area contributed by atoms with E-state index in [-0.39, 0.29) is 0 Å². The molecule has 0 aromatic rings. The van der Waals surface area contributed by atoms with E-state index in [2.05, 4.69) is 5.32 Å². The molecule has 4 aliphatic heterocycles. The van der Waals surface area contributed by atoms with Gasteiger partial charge < -0.3 is 105 Å². The first kappa shape index (κ1) is 39.5. The van der Waals surface area contributed by atoms with Crippen LogP contribution in [0.1, 0.15) is 6.92 Å². The van der Waals surface area contributed by atoms with Crippen LogP contribution in [0, 0.1) is 0 Å². The van der Waals surface area contributed by atoms with Crippen molar-refractivity contribution in [2.75, 3.05) is 26.4 Å². The molecule has 4 aliphatic rings. The second kappa shape index (κ2) is 16.8. The van der Waals surface area contributed by atoms with Crippen molar-refractivity contribution in [3.63, 3.8) is 0 Å². The molecule has 14 N–H and O–H groups in total. The highest BCUT2D eigenvalue weighted by molar-refractivity contribution is 5.73. The number of aliphatic hydroxyl groups is 13. The van der Waals surface area contributed by atoms with Crippen LogP contribution in [-0.2, 0) is 38.0 Å². The maximum Gasteiger partial charge on any atom is 0.217 e. The van der Waals surface area contributed by atoms with Crippen molar-refractivity contribution in [3.05, 3.63) is 0 Å². The summed E-state index contributed by atoms with van der Waals surface area (Å²) >= 11 is 0. The van der Waals surface area contributed by atoms with Gasteiger partial charge in [0.05, 0.1) is 26.4 Å². The van der Waals surface area contributed by atoms with Crippen molar-refractivity contribution in [2.45, 2.75) is 130 Å². The minimum atomic E-state index is -2.02. The van der Waals surface area contributed by atoms with E-state index in [9.17, 15) is 71.2 Å². The molecule has 0 unspecified atom stereocenters. The molecule has 0 spiro atoms. The predicted molar refractivity (Wildman–Crippen MR) is 145 cm³/mol. The van der Waals surface area contributed by atoms with E-state index in [1.54, 1.807) is 0 Å². The summed E-state index contributed by atoms with van der Waals surface area (Å²) in [6.07, 6.45) is -34.2. The molecule has 4 rings (SSSR count). The Kier molecular flexibility index (Phi) is 13.8. The summed E-state index contributed by atoms with van der Waals surface area (Å²) in [5.41, 5.74) is 0. The van der Waals surface area contributed by atoms with E-state index >= 15 is 0 Å². The molecule has 20 atom stereocenters. The number of ether oxygens (including phenoxy) is 7. The topological polar surface area (TPSA) is 357 Å². The molecule has 48 heavy (non-hydrogen) atoms. The quantitative estimate of drug-likeness (QED) is 0.0895. The van der Waals surface area contributed by atoms with Gasteiger partial charge in [0.25, 0.3) is 0 Å². The number of hydrogen-bond donors (Lipinski definition) is 14. The van der Waals surface area contributed by atoms with E-state index in [1.165, 1.54) is 0 Å². The van der Waals surface area contributed by atoms with E-state index in [0.29, 0.717) is 0 Å². The first-order chi connectivity index (χ1) is 22.7. The molecule has 280 valence electrons.